The molecule has 3 N–H and O–H groups in total. The van der Waals surface area contributed by atoms with E-state index in [1.165, 1.54) is 0 Å². The van der Waals surface area contributed by atoms with E-state index >= 15 is 0 Å². The second-order valence-corrected chi connectivity index (χ2v) is 7.25. The van der Waals surface area contributed by atoms with Crippen LogP contribution in [0.5, 0.6) is 0 Å². The van der Waals surface area contributed by atoms with E-state index in [1.54, 1.807) is 13.8 Å². The highest BCUT2D eigenvalue weighted by molar-refractivity contribution is 7.92. The molecule has 0 aliphatic rings. The maximum Gasteiger partial charge on any atom is 0.235 e. The lowest BCUT2D eigenvalue weighted by molar-refractivity contribution is -0.118. The van der Waals surface area contributed by atoms with E-state index < -0.39 is 27.0 Å². The Bertz CT molecular complexity index is 337. The first-order chi connectivity index (χ1) is 7.66. The van der Waals surface area contributed by atoms with Gasteiger partial charge >= 0.3 is 0 Å². The second-order valence-electron chi connectivity index (χ2n) is 5.06. The number of rotatable bonds is 8. The van der Waals surface area contributed by atoms with E-state index in [4.69, 9.17) is 5.73 Å². The molecule has 7 heteroatoms. The van der Waals surface area contributed by atoms with Crippen molar-refractivity contribution < 1.29 is 13.2 Å². The Morgan fingerprint density at radius 2 is 1.83 bits per heavy atom. The predicted molar refractivity (Wildman–Crippen MR) is 76.7 cm³/mol. The normalized spacial score (nSPS) is 11.8. The van der Waals surface area contributed by atoms with Crippen molar-refractivity contribution in [2.24, 2.45) is 5.73 Å². The number of carbonyl (C=O) groups is 1. The summed E-state index contributed by atoms with van der Waals surface area (Å²) >= 11 is 0. The van der Waals surface area contributed by atoms with Gasteiger partial charge in [-0.05, 0) is 20.3 Å². The number of nitrogens with one attached hydrogen (secondary N) is 1. The molecule has 0 unspecified atom stereocenters. The summed E-state index contributed by atoms with van der Waals surface area (Å²) in [6.07, 6.45) is 2.45. The van der Waals surface area contributed by atoms with Gasteiger partial charge in [0.1, 0.15) is 5.75 Å². The van der Waals surface area contributed by atoms with Crippen LogP contribution in [0.4, 0.5) is 0 Å². The molecule has 0 aromatic heterocycles. The third kappa shape index (κ3) is 12.1. The highest BCUT2D eigenvalue weighted by atomic mass is 35.5. The van der Waals surface area contributed by atoms with Crippen molar-refractivity contribution in [1.29, 1.82) is 0 Å². The second kappa shape index (κ2) is 8.72. The molecule has 1 amide bonds. The molecule has 0 saturated carbocycles. The number of hydrogen-bond donors (Lipinski definition) is 2. The van der Waals surface area contributed by atoms with Crippen molar-refractivity contribution in [2.75, 3.05) is 18.1 Å². The Hall–Kier alpha value is -0.330. The summed E-state index contributed by atoms with van der Waals surface area (Å²) < 4.78 is 23.1. The lowest BCUT2D eigenvalue weighted by atomic mass is 10.1. The summed E-state index contributed by atoms with van der Waals surface area (Å²) in [6.45, 7) is 5.81. The number of halogens is 1. The Balaban J connectivity index is 0. The molecule has 0 aliphatic carbocycles. The lowest BCUT2D eigenvalue weighted by Gasteiger charge is -2.18. The largest absolute Gasteiger partial charge is 0.353 e. The lowest BCUT2D eigenvalue weighted by Crippen LogP contribution is -2.46. The van der Waals surface area contributed by atoms with E-state index in [1.807, 2.05) is 6.92 Å². The quantitative estimate of drug-likeness (QED) is 0.651. The highest BCUT2D eigenvalue weighted by Crippen LogP contribution is 2.00. The van der Waals surface area contributed by atoms with Gasteiger partial charge in [-0.25, -0.2) is 8.42 Å². The molecule has 5 nitrogen and oxygen atoms in total. The van der Waals surface area contributed by atoms with Gasteiger partial charge in [0.25, 0.3) is 0 Å². The molecule has 0 saturated heterocycles. The Morgan fingerprint density at radius 3 is 2.28 bits per heavy atom. The van der Waals surface area contributed by atoms with Crippen LogP contribution >= 0.6 is 12.4 Å². The average Bonchev–Trinajstić information content (AvgIpc) is 2.13. The van der Waals surface area contributed by atoms with Crippen LogP contribution in [0.2, 0.25) is 0 Å². The van der Waals surface area contributed by atoms with Crippen molar-refractivity contribution >= 4 is 28.2 Å². The smallest absolute Gasteiger partial charge is 0.235 e. The molecular formula is C11H25ClN2O3S. The van der Waals surface area contributed by atoms with Crippen LogP contribution in [0.25, 0.3) is 0 Å². The first-order valence-corrected chi connectivity index (χ1v) is 7.74. The Labute approximate surface area is 116 Å². The first-order valence-electron chi connectivity index (χ1n) is 5.92. The number of amides is 1. The average molecular weight is 301 g/mol. The number of carbonyl (C=O) groups excluding carboxylic acids is 1. The third-order valence-corrected chi connectivity index (χ3v) is 3.76. The van der Waals surface area contributed by atoms with E-state index in [-0.39, 0.29) is 24.7 Å². The molecule has 0 atom stereocenters. The van der Waals surface area contributed by atoms with Gasteiger partial charge < -0.3 is 11.1 Å². The fraction of sp³-hybridized carbons (Fsp3) is 0.909. The maximum absolute atomic E-state index is 11.5. The van der Waals surface area contributed by atoms with Crippen molar-refractivity contribution in [3.05, 3.63) is 0 Å². The molecule has 0 fully saturated rings. The molecular weight excluding hydrogens is 276 g/mol. The zero-order chi connectivity index (χ0) is 13.5. The minimum absolute atomic E-state index is 0. The van der Waals surface area contributed by atoms with Gasteiger partial charge in [-0.15, -0.1) is 12.4 Å². The van der Waals surface area contributed by atoms with Crippen molar-refractivity contribution in [3.63, 3.8) is 0 Å². The van der Waals surface area contributed by atoms with Gasteiger partial charge in [0.15, 0.2) is 9.84 Å². The fourth-order valence-corrected chi connectivity index (χ4v) is 2.51. The zero-order valence-electron chi connectivity index (χ0n) is 11.4. The molecule has 0 aromatic carbocycles. The van der Waals surface area contributed by atoms with Crippen molar-refractivity contribution in [1.82, 2.24) is 5.32 Å². The topological polar surface area (TPSA) is 89.3 Å². The van der Waals surface area contributed by atoms with Crippen molar-refractivity contribution in [3.8, 4) is 0 Å². The summed E-state index contributed by atoms with van der Waals surface area (Å²) in [5.41, 5.74) is 5.16. The van der Waals surface area contributed by atoms with Crippen LogP contribution in [-0.4, -0.2) is 37.9 Å². The summed E-state index contributed by atoms with van der Waals surface area (Å²) in [6, 6.07) is 0. The first kappa shape index (κ1) is 20.0. The highest BCUT2D eigenvalue weighted by Gasteiger charge is 2.18. The molecule has 0 aliphatic heterocycles. The molecule has 0 bridgehead atoms. The van der Waals surface area contributed by atoms with E-state index in [0.29, 0.717) is 6.42 Å². The van der Waals surface area contributed by atoms with Gasteiger partial charge in [0, 0.05) is 12.1 Å². The summed E-state index contributed by atoms with van der Waals surface area (Å²) in [5.74, 6) is -0.826. The van der Waals surface area contributed by atoms with Crippen LogP contribution in [0, 0.1) is 0 Å². The molecule has 110 valence electrons. The number of nitrogens with two attached hydrogens (primary N) is 1. The number of unbranched alkanes of at least 4 members (excludes halogenated alkanes) is 2. The summed E-state index contributed by atoms with van der Waals surface area (Å²) in [4.78, 5) is 11.4. The Kier molecular flexibility index (Phi) is 9.68. The van der Waals surface area contributed by atoms with Gasteiger partial charge in [-0.2, -0.15) is 0 Å². The fourth-order valence-electron chi connectivity index (χ4n) is 1.22. The molecule has 0 spiro atoms. The monoisotopic (exact) mass is 300 g/mol. The van der Waals surface area contributed by atoms with Crippen LogP contribution in [-0.2, 0) is 14.6 Å². The summed E-state index contributed by atoms with van der Waals surface area (Å²) in [5, 5.41) is 2.53. The van der Waals surface area contributed by atoms with Crippen LogP contribution in [0.3, 0.4) is 0 Å². The van der Waals surface area contributed by atoms with Gasteiger partial charge in [-0.3, -0.25) is 4.79 Å². The van der Waals surface area contributed by atoms with Crippen LogP contribution < -0.4 is 11.1 Å². The SMILES string of the molecule is CCCCCS(=O)(=O)CC(=O)NCC(C)(C)N.Cl. The van der Waals surface area contributed by atoms with E-state index in [0.717, 1.165) is 12.8 Å². The molecule has 0 rings (SSSR count). The maximum atomic E-state index is 11.5. The Morgan fingerprint density at radius 1 is 1.28 bits per heavy atom. The molecule has 0 heterocycles. The predicted octanol–water partition coefficient (Wildman–Crippen LogP) is 0.867. The summed E-state index contributed by atoms with van der Waals surface area (Å²) in [7, 11) is -3.27. The number of hydrogen-bond acceptors (Lipinski definition) is 4. The van der Waals surface area contributed by atoms with Gasteiger partial charge in [0.05, 0.1) is 5.75 Å². The minimum atomic E-state index is -3.27. The van der Waals surface area contributed by atoms with E-state index in [9.17, 15) is 13.2 Å². The van der Waals surface area contributed by atoms with Crippen molar-refractivity contribution in [2.45, 2.75) is 45.6 Å². The molecule has 18 heavy (non-hydrogen) atoms. The van der Waals surface area contributed by atoms with Gasteiger partial charge in [-0.1, -0.05) is 19.8 Å². The molecule has 0 aromatic rings. The zero-order valence-corrected chi connectivity index (χ0v) is 13.0. The van der Waals surface area contributed by atoms with Crippen LogP contribution in [0.1, 0.15) is 40.0 Å². The third-order valence-electron chi connectivity index (χ3n) is 2.15. The van der Waals surface area contributed by atoms with E-state index in [2.05, 4.69) is 5.32 Å². The minimum Gasteiger partial charge on any atom is -0.353 e. The molecule has 0 radical (unpaired) electrons. The number of sulfone groups is 1. The van der Waals surface area contributed by atoms with Crippen LogP contribution in [0.15, 0.2) is 0 Å². The standard InChI is InChI=1S/C11H24N2O3S.ClH/c1-4-5-6-7-17(15,16)8-10(14)13-9-11(2,3)12;/h4-9,12H2,1-3H3,(H,13,14);1H. The van der Waals surface area contributed by atoms with Gasteiger partial charge in [0.2, 0.25) is 5.91 Å².